The summed E-state index contributed by atoms with van der Waals surface area (Å²) in [6.07, 6.45) is 1.87. The lowest BCUT2D eigenvalue weighted by Crippen LogP contribution is -2.22. The van der Waals surface area contributed by atoms with Gasteiger partial charge in [-0.25, -0.2) is 0 Å². The molecule has 1 aromatic carbocycles. The first-order valence-corrected chi connectivity index (χ1v) is 6.82. The summed E-state index contributed by atoms with van der Waals surface area (Å²) in [5.74, 6) is 0.661. The summed E-state index contributed by atoms with van der Waals surface area (Å²) in [5, 5.41) is 3.21. The van der Waals surface area contributed by atoms with E-state index in [2.05, 4.69) is 5.32 Å². The Kier molecular flexibility index (Phi) is 6.67. The summed E-state index contributed by atoms with van der Waals surface area (Å²) in [5.41, 5.74) is 6.88. The highest BCUT2D eigenvalue weighted by molar-refractivity contribution is 6.31. The number of amides is 1. The molecule has 0 heterocycles. The minimum atomic E-state index is -0.0474. The topological polar surface area (TPSA) is 64.3 Å². The van der Waals surface area contributed by atoms with Crippen molar-refractivity contribution in [1.82, 2.24) is 5.32 Å². The fourth-order valence-electron chi connectivity index (χ4n) is 1.66. The average molecular weight is 285 g/mol. The standard InChI is InChI=1S/C14H21ClN2O2/c1-3-10(16)9-11-12(15)5-4-6-13(11)19-8-7-14(18)17-2/h4-6,10H,3,7-9,16H2,1-2H3,(H,17,18). The van der Waals surface area contributed by atoms with Crippen molar-refractivity contribution in [2.75, 3.05) is 13.7 Å². The number of carbonyl (C=O) groups excluding carboxylic acids is 1. The van der Waals surface area contributed by atoms with Crippen LogP contribution in [0.1, 0.15) is 25.3 Å². The third-order valence-corrected chi connectivity index (χ3v) is 3.29. The highest BCUT2D eigenvalue weighted by atomic mass is 35.5. The van der Waals surface area contributed by atoms with Gasteiger partial charge < -0.3 is 15.8 Å². The summed E-state index contributed by atoms with van der Waals surface area (Å²) >= 11 is 6.18. The summed E-state index contributed by atoms with van der Waals surface area (Å²) < 4.78 is 5.64. The maximum Gasteiger partial charge on any atom is 0.223 e. The Labute approximate surface area is 119 Å². The van der Waals surface area contributed by atoms with Crippen LogP contribution >= 0.6 is 11.6 Å². The molecule has 0 radical (unpaired) electrons. The molecule has 0 fully saturated rings. The van der Waals surface area contributed by atoms with Crippen molar-refractivity contribution in [3.63, 3.8) is 0 Å². The van der Waals surface area contributed by atoms with Gasteiger partial charge in [-0.2, -0.15) is 0 Å². The predicted molar refractivity (Wildman–Crippen MR) is 77.6 cm³/mol. The molecule has 1 rings (SSSR count). The SMILES string of the molecule is CCC(N)Cc1c(Cl)cccc1OCCC(=O)NC. The van der Waals surface area contributed by atoms with Gasteiger partial charge in [-0.05, 0) is 25.0 Å². The van der Waals surface area contributed by atoms with Crippen molar-refractivity contribution < 1.29 is 9.53 Å². The normalized spacial score (nSPS) is 12.0. The Balaban J connectivity index is 2.71. The monoisotopic (exact) mass is 284 g/mol. The van der Waals surface area contributed by atoms with Gasteiger partial charge in [0.25, 0.3) is 0 Å². The molecule has 3 N–H and O–H groups in total. The fourth-order valence-corrected chi connectivity index (χ4v) is 1.90. The van der Waals surface area contributed by atoms with Gasteiger partial charge in [0.15, 0.2) is 0 Å². The highest BCUT2D eigenvalue weighted by Crippen LogP contribution is 2.28. The second-order valence-corrected chi connectivity index (χ2v) is 4.77. The van der Waals surface area contributed by atoms with E-state index in [-0.39, 0.29) is 11.9 Å². The Morgan fingerprint density at radius 3 is 2.89 bits per heavy atom. The van der Waals surface area contributed by atoms with E-state index in [9.17, 15) is 4.79 Å². The van der Waals surface area contributed by atoms with Crippen LogP contribution in [-0.2, 0) is 11.2 Å². The van der Waals surface area contributed by atoms with Crippen LogP contribution in [0.4, 0.5) is 0 Å². The molecule has 0 aliphatic rings. The summed E-state index contributed by atoms with van der Waals surface area (Å²) in [6.45, 7) is 2.36. The molecule has 1 amide bonds. The number of nitrogens with one attached hydrogen (secondary N) is 1. The van der Waals surface area contributed by atoms with Crippen LogP contribution in [0.25, 0.3) is 0 Å². The van der Waals surface area contributed by atoms with E-state index in [0.29, 0.717) is 30.2 Å². The number of carbonyl (C=O) groups is 1. The first kappa shape index (κ1) is 15.8. The van der Waals surface area contributed by atoms with E-state index < -0.39 is 0 Å². The van der Waals surface area contributed by atoms with Gasteiger partial charge in [-0.15, -0.1) is 0 Å². The molecular formula is C14H21ClN2O2. The minimum Gasteiger partial charge on any atom is -0.493 e. The van der Waals surface area contributed by atoms with Gasteiger partial charge >= 0.3 is 0 Å². The van der Waals surface area contributed by atoms with Crippen LogP contribution in [0.15, 0.2) is 18.2 Å². The van der Waals surface area contributed by atoms with Crippen molar-refractivity contribution in [3.05, 3.63) is 28.8 Å². The third-order valence-electron chi connectivity index (χ3n) is 2.93. The zero-order chi connectivity index (χ0) is 14.3. The van der Waals surface area contributed by atoms with Gasteiger partial charge in [0, 0.05) is 23.7 Å². The Morgan fingerprint density at radius 2 is 2.26 bits per heavy atom. The lowest BCUT2D eigenvalue weighted by Gasteiger charge is -2.15. The number of nitrogens with two attached hydrogens (primary N) is 1. The van der Waals surface area contributed by atoms with Gasteiger partial charge in [0.05, 0.1) is 13.0 Å². The number of benzene rings is 1. The van der Waals surface area contributed by atoms with E-state index >= 15 is 0 Å². The molecule has 1 unspecified atom stereocenters. The van der Waals surface area contributed by atoms with E-state index in [1.165, 1.54) is 0 Å². The predicted octanol–water partition coefficient (Wildman–Crippen LogP) is 2.13. The molecule has 0 spiro atoms. The second kappa shape index (κ2) is 8.02. The molecule has 19 heavy (non-hydrogen) atoms. The minimum absolute atomic E-state index is 0.0474. The van der Waals surface area contributed by atoms with Crippen LogP contribution in [0.2, 0.25) is 5.02 Å². The quantitative estimate of drug-likeness (QED) is 0.806. The van der Waals surface area contributed by atoms with Crippen LogP contribution in [0, 0.1) is 0 Å². The second-order valence-electron chi connectivity index (χ2n) is 4.36. The first-order chi connectivity index (χ1) is 9.08. The van der Waals surface area contributed by atoms with Gasteiger partial charge in [-0.1, -0.05) is 24.6 Å². The van der Waals surface area contributed by atoms with Crippen LogP contribution in [0.5, 0.6) is 5.75 Å². The molecule has 0 aliphatic heterocycles. The molecule has 0 aliphatic carbocycles. The van der Waals surface area contributed by atoms with E-state index in [1.54, 1.807) is 7.05 Å². The van der Waals surface area contributed by atoms with Crippen LogP contribution in [-0.4, -0.2) is 25.6 Å². The summed E-state index contributed by atoms with van der Waals surface area (Å²) in [4.78, 5) is 11.1. The summed E-state index contributed by atoms with van der Waals surface area (Å²) in [6, 6.07) is 5.57. The number of hydrogen-bond donors (Lipinski definition) is 2. The zero-order valence-electron chi connectivity index (χ0n) is 11.4. The summed E-state index contributed by atoms with van der Waals surface area (Å²) in [7, 11) is 1.60. The number of halogens is 1. The van der Waals surface area contributed by atoms with Crippen molar-refractivity contribution >= 4 is 17.5 Å². The molecule has 106 valence electrons. The molecule has 0 bridgehead atoms. The smallest absolute Gasteiger partial charge is 0.223 e. The lowest BCUT2D eigenvalue weighted by molar-refractivity contribution is -0.121. The molecule has 0 saturated heterocycles. The third kappa shape index (κ3) is 5.09. The number of rotatable bonds is 7. The highest BCUT2D eigenvalue weighted by Gasteiger charge is 2.12. The van der Waals surface area contributed by atoms with E-state index in [1.807, 2.05) is 25.1 Å². The van der Waals surface area contributed by atoms with Gasteiger partial charge in [0.1, 0.15) is 5.75 Å². The maximum atomic E-state index is 11.1. The van der Waals surface area contributed by atoms with Crippen molar-refractivity contribution in [2.45, 2.75) is 32.2 Å². The van der Waals surface area contributed by atoms with E-state index in [4.69, 9.17) is 22.1 Å². The Morgan fingerprint density at radius 1 is 1.53 bits per heavy atom. The molecule has 4 nitrogen and oxygen atoms in total. The Hall–Kier alpha value is -1.26. The van der Waals surface area contributed by atoms with Crippen molar-refractivity contribution in [1.29, 1.82) is 0 Å². The largest absolute Gasteiger partial charge is 0.493 e. The molecule has 1 atom stereocenters. The molecule has 1 aromatic rings. The van der Waals surface area contributed by atoms with Gasteiger partial charge in [0.2, 0.25) is 5.91 Å². The van der Waals surface area contributed by atoms with Gasteiger partial charge in [-0.3, -0.25) is 4.79 Å². The number of hydrogen-bond acceptors (Lipinski definition) is 3. The first-order valence-electron chi connectivity index (χ1n) is 6.44. The molecule has 0 saturated carbocycles. The van der Waals surface area contributed by atoms with Crippen LogP contribution in [0.3, 0.4) is 0 Å². The molecular weight excluding hydrogens is 264 g/mol. The maximum absolute atomic E-state index is 11.1. The van der Waals surface area contributed by atoms with Crippen molar-refractivity contribution in [2.24, 2.45) is 5.73 Å². The average Bonchev–Trinajstić information content (AvgIpc) is 2.41. The number of ether oxygens (including phenoxy) is 1. The van der Waals surface area contributed by atoms with E-state index in [0.717, 1.165) is 12.0 Å². The fraction of sp³-hybridized carbons (Fsp3) is 0.500. The van der Waals surface area contributed by atoms with Crippen molar-refractivity contribution in [3.8, 4) is 5.75 Å². The zero-order valence-corrected chi connectivity index (χ0v) is 12.2. The lowest BCUT2D eigenvalue weighted by atomic mass is 10.0. The molecule has 0 aromatic heterocycles. The Bertz CT molecular complexity index is 424. The molecule has 5 heteroatoms. The van der Waals surface area contributed by atoms with Crippen LogP contribution < -0.4 is 15.8 Å².